The lowest BCUT2D eigenvalue weighted by molar-refractivity contribution is -0.761. The maximum absolute atomic E-state index is 11.4. The molecule has 1 rings (SSSR count). The standard InChI is InChI=1S/C5H13NO2P/c1-6(2)4-5-8-9(6,3)7/h4-5H2,1-3H3/q+1. The second-order valence-corrected chi connectivity index (χ2v) is 5.93. The van der Waals surface area contributed by atoms with Crippen molar-refractivity contribution >= 4 is 7.52 Å². The van der Waals surface area contributed by atoms with Gasteiger partial charge in [-0.15, -0.1) is 0 Å². The lowest BCUT2D eigenvalue weighted by Gasteiger charge is -2.25. The molecule has 1 atom stereocenters. The summed E-state index contributed by atoms with van der Waals surface area (Å²) in [6.07, 6.45) is 0. The first kappa shape index (κ1) is 7.26. The first-order chi connectivity index (χ1) is 3.96. The highest BCUT2D eigenvalue weighted by Crippen LogP contribution is 2.54. The van der Waals surface area contributed by atoms with E-state index < -0.39 is 7.52 Å². The van der Waals surface area contributed by atoms with Crippen LogP contribution >= 0.6 is 7.52 Å². The quantitative estimate of drug-likeness (QED) is 0.480. The molecule has 1 heterocycles. The number of hydrogen-bond acceptors (Lipinski definition) is 2. The molecule has 3 nitrogen and oxygen atoms in total. The van der Waals surface area contributed by atoms with Crippen LogP contribution in [0.5, 0.6) is 0 Å². The van der Waals surface area contributed by atoms with Crippen LogP contribution in [0.2, 0.25) is 0 Å². The Morgan fingerprint density at radius 3 is 2.22 bits per heavy atom. The van der Waals surface area contributed by atoms with Crippen LogP contribution in [0.15, 0.2) is 0 Å². The number of hydrogen-bond donors (Lipinski definition) is 0. The highest BCUT2D eigenvalue weighted by atomic mass is 31.2. The Morgan fingerprint density at radius 1 is 1.56 bits per heavy atom. The molecule has 1 aliphatic heterocycles. The van der Waals surface area contributed by atoms with Gasteiger partial charge >= 0.3 is 7.52 Å². The van der Waals surface area contributed by atoms with Crippen molar-refractivity contribution in [3.8, 4) is 0 Å². The molecule has 1 unspecified atom stereocenters. The van der Waals surface area contributed by atoms with E-state index in [0.29, 0.717) is 10.9 Å². The van der Waals surface area contributed by atoms with Crippen molar-refractivity contribution in [2.24, 2.45) is 0 Å². The Balaban J connectivity index is 2.88. The third-order valence-corrected chi connectivity index (χ3v) is 4.78. The van der Waals surface area contributed by atoms with E-state index in [0.717, 1.165) is 6.54 Å². The summed E-state index contributed by atoms with van der Waals surface area (Å²) in [4.78, 5) is 0. The summed E-state index contributed by atoms with van der Waals surface area (Å²) >= 11 is 0. The average molecular weight is 150 g/mol. The van der Waals surface area contributed by atoms with Gasteiger partial charge in [0.2, 0.25) is 0 Å². The minimum absolute atomic E-state index is 0.535. The normalized spacial score (nSPS) is 41.2. The Morgan fingerprint density at radius 2 is 2.11 bits per heavy atom. The molecule has 0 bridgehead atoms. The summed E-state index contributed by atoms with van der Waals surface area (Å²) < 4.78 is 17.0. The van der Waals surface area contributed by atoms with Crippen LogP contribution in [0.3, 0.4) is 0 Å². The molecule has 0 aliphatic carbocycles. The van der Waals surface area contributed by atoms with Crippen molar-refractivity contribution in [2.45, 2.75) is 0 Å². The van der Waals surface area contributed by atoms with Crippen molar-refractivity contribution in [1.29, 1.82) is 0 Å². The molecule has 1 fully saturated rings. The number of rotatable bonds is 0. The monoisotopic (exact) mass is 150 g/mol. The van der Waals surface area contributed by atoms with Gasteiger partial charge in [0, 0.05) is 0 Å². The van der Waals surface area contributed by atoms with E-state index in [1.54, 1.807) is 6.66 Å². The van der Waals surface area contributed by atoms with Crippen LogP contribution < -0.4 is 0 Å². The Labute approximate surface area is 55.7 Å². The second kappa shape index (κ2) is 1.82. The molecule has 1 aliphatic rings. The van der Waals surface area contributed by atoms with Gasteiger partial charge in [-0.1, -0.05) is 0 Å². The lowest BCUT2D eigenvalue weighted by Crippen LogP contribution is -2.31. The lowest BCUT2D eigenvalue weighted by atomic mass is 10.6. The molecule has 0 aromatic rings. The van der Waals surface area contributed by atoms with E-state index in [9.17, 15) is 4.57 Å². The fourth-order valence-corrected chi connectivity index (χ4v) is 1.95. The van der Waals surface area contributed by atoms with E-state index in [4.69, 9.17) is 4.52 Å². The molecule has 1 saturated heterocycles. The molecule has 0 N–H and O–H groups in total. The zero-order valence-electron chi connectivity index (χ0n) is 6.13. The molecular weight excluding hydrogens is 137 g/mol. The van der Waals surface area contributed by atoms with Crippen LogP contribution in [-0.2, 0) is 9.09 Å². The predicted molar refractivity (Wildman–Crippen MR) is 36.5 cm³/mol. The third kappa shape index (κ3) is 1.05. The smallest absolute Gasteiger partial charge is 0.280 e. The fraction of sp³-hybridized carbons (Fsp3) is 1.00. The minimum Gasteiger partial charge on any atom is -0.280 e. The topological polar surface area (TPSA) is 26.3 Å². The molecule has 0 radical (unpaired) electrons. The summed E-state index contributed by atoms with van der Waals surface area (Å²) in [5.74, 6) is 0. The SMILES string of the molecule is C[N+]1(C)CCOP1(C)=O. The molecular formula is C5H13NO2P+. The number of likely N-dealkylation sites (N-methyl/N-ethyl adjacent to an activating group) is 1. The minimum atomic E-state index is -2.31. The summed E-state index contributed by atoms with van der Waals surface area (Å²) in [5, 5.41) is 0. The molecule has 54 valence electrons. The van der Waals surface area contributed by atoms with Crippen molar-refractivity contribution in [1.82, 2.24) is 0 Å². The van der Waals surface area contributed by atoms with Gasteiger partial charge < -0.3 is 0 Å². The van der Waals surface area contributed by atoms with Crippen molar-refractivity contribution in [2.75, 3.05) is 33.9 Å². The molecule has 4 heteroatoms. The first-order valence-electron chi connectivity index (χ1n) is 3.01. The van der Waals surface area contributed by atoms with Crippen molar-refractivity contribution in [3.05, 3.63) is 0 Å². The van der Waals surface area contributed by atoms with Crippen molar-refractivity contribution < 1.29 is 13.3 Å². The number of quaternary nitrogens is 1. The predicted octanol–water partition coefficient (Wildman–Crippen LogP) is 0.916. The summed E-state index contributed by atoms with van der Waals surface area (Å²) in [6.45, 7) is 3.20. The van der Waals surface area contributed by atoms with Gasteiger partial charge in [0.25, 0.3) is 0 Å². The Kier molecular flexibility index (Phi) is 1.46. The zero-order valence-corrected chi connectivity index (χ0v) is 7.02. The van der Waals surface area contributed by atoms with Crippen LogP contribution in [0.4, 0.5) is 0 Å². The molecule has 0 spiro atoms. The summed E-state index contributed by atoms with van der Waals surface area (Å²) in [7, 11) is 1.57. The van der Waals surface area contributed by atoms with E-state index >= 15 is 0 Å². The molecule has 0 aromatic heterocycles. The first-order valence-corrected chi connectivity index (χ1v) is 5.04. The average Bonchev–Trinajstić information content (AvgIpc) is 1.81. The van der Waals surface area contributed by atoms with Gasteiger partial charge in [0.1, 0.15) is 13.2 Å². The van der Waals surface area contributed by atoms with E-state index in [-0.39, 0.29) is 0 Å². The zero-order chi connectivity index (χ0) is 7.12. The summed E-state index contributed by atoms with van der Waals surface area (Å²) in [6, 6.07) is 0. The fourth-order valence-electron chi connectivity index (χ4n) is 0.772. The molecule has 0 saturated carbocycles. The van der Waals surface area contributed by atoms with Crippen LogP contribution in [0.25, 0.3) is 0 Å². The van der Waals surface area contributed by atoms with Gasteiger partial charge in [-0.05, 0) is 0 Å². The highest BCUT2D eigenvalue weighted by molar-refractivity contribution is 7.52. The third-order valence-electron chi connectivity index (χ3n) is 1.95. The van der Waals surface area contributed by atoms with Gasteiger partial charge in [-0.3, -0.25) is 8.78 Å². The van der Waals surface area contributed by atoms with E-state index in [1.165, 1.54) is 0 Å². The van der Waals surface area contributed by atoms with Crippen LogP contribution in [-0.4, -0.2) is 38.2 Å². The highest BCUT2D eigenvalue weighted by Gasteiger charge is 2.42. The van der Waals surface area contributed by atoms with Crippen LogP contribution in [0.1, 0.15) is 0 Å². The molecule has 0 aromatic carbocycles. The van der Waals surface area contributed by atoms with Crippen LogP contribution in [0, 0.1) is 0 Å². The maximum Gasteiger partial charge on any atom is 0.379 e. The van der Waals surface area contributed by atoms with Crippen molar-refractivity contribution in [3.63, 3.8) is 0 Å². The largest absolute Gasteiger partial charge is 0.379 e. The Hall–Kier alpha value is 0.150. The van der Waals surface area contributed by atoms with Gasteiger partial charge in [-0.2, -0.15) is 0 Å². The van der Waals surface area contributed by atoms with Gasteiger partial charge in [0.15, 0.2) is 0 Å². The number of nitrogens with zero attached hydrogens (tertiary/aromatic N) is 1. The van der Waals surface area contributed by atoms with E-state index in [1.807, 2.05) is 14.1 Å². The maximum atomic E-state index is 11.4. The van der Waals surface area contributed by atoms with E-state index in [2.05, 4.69) is 0 Å². The Bertz CT molecular complexity index is 166. The van der Waals surface area contributed by atoms with Gasteiger partial charge in [0.05, 0.1) is 20.8 Å². The molecule has 9 heavy (non-hydrogen) atoms. The van der Waals surface area contributed by atoms with Gasteiger partial charge in [-0.25, -0.2) is 4.57 Å². The summed E-state index contributed by atoms with van der Waals surface area (Å²) in [5.41, 5.74) is 0. The molecule has 0 amide bonds. The second-order valence-electron chi connectivity index (χ2n) is 2.98.